The maximum absolute atomic E-state index is 14.0. The average molecular weight is 446 g/mol. The summed E-state index contributed by atoms with van der Waals surface area (Å²) >= 11 is 0. The summed E-state index contributed by atoms with van der Waals surface area (Å²) in [6, 6.07) is 4.13. The van der Waals surface area contributed by atoms with Crippen molar-refractivity contribution in [3.63, 3.8) is 0 Å². The second-order valence-electron chi connectivity index (χ2n) is 8.30. The molecule has 1 aliphatic heterocycles. The maximum atomic E-state index is 14.0. The summed E-state index contributed by atoms with van der Waals surface area (Å²) < 4.78 is 52.1. The maximum Gasteiger partial charge on any atom is 0.410 e. The minimum absolute atomic E-state index is 0.159. The van der Waals surface area contributed by atoms with E-state index in [1.54, 1.807) is 26.8 Å². The van der Waals surface area contributed by atoms with Crippen molar-refractivity contribution in [1.29, 1.82) is 0 Å². The van der Waals surface area contributed by atoms with Crippen LogP contribution in [0, 0.1) is 11.7 Å². The van der Waals surface area contributed by atoms with E-state index in [1.807, 2.05) is 0 Å². The number of nitrogens with zero attached hydrogens (tertiary/aromatic N) is 1. The van der Waals surface area contributed by atoms with Gasteiger partial charge in [-0.3, -0.25) is 4.18 Å². The van der Waals surface area contributed by atoms with E-state index >= 15 is 0 Å². The zero-order valence-electron chi connectivity index (χ0n) is 17.8. The first-order valence-corrected chi connectivity index (χ1v) is 11.3. The number of carbonyl (C=O) groups is 2. The predicted octanol–water partition coefficient (Wildman–Crippen LogP) is 2.93. The minimum Gasteiger partial charge on any atom is -0.465 e. The Bertz CT molecular complexity index is 895. The van der Waals surface area contributed by atoms with Crippen molar-refractivity contribution >= 4 is 22.2 Å². The molecule has 8 nitrogen and oxygen atoms in total. The number of carbonyl (C=O) groups excluding carboxylic acids is 2. The molecular formula is C20H28FNO7S. The Kier molecular flexibility index (Phi) is 7.46. The van der Waals surface area contributed by atoms with Gasteiger partial charge >= 0.3 is 12.1 Å². The van der Waals surface area contributed by atoms with Gasteiger partial charge < -0.3 is 14.4 Å². The van der Waals surface area contributed by atoms with Gasteiger partial charge in [0.1, 0.15) is 11.4 Å². The van der Waals surface area contributed by atoms with Crippen molar-refractivity contribution in [3.8, 4) is 0 Å². The molecule has 0 bridgehead atoms. The van der Waals surface area contributed by atoms with Crippen LogP contribution in [0.3, 0.4) is 0 Å². The van der Waals surface area contributed by atoms with Crippen LogP contribution in [0.1, 0.15) is 49.0 Å². The zero-order valence-corrected chi connectivity index (χ0v) is 18.6. The highest BCUT2D eigenvalue weighted by molar-refractivity contribution is 7.85. The molecule has 0 spiro atoms. The Hall–Kier alpha value is -2.20. The Labute approximate surface area is 176 Å². The van der Waals surface area contributed by atoms with Crippen LogP contribution >= 0.6 is 0 Å². The lowest BCUT2D eigenvalue weighted by Crippen LogP contribution is -2.46. The molecule has 1 aliphatic rings. The number of hydrogen-bond acceptors (Lipinski definition) is 7. The van der Waals surface area contributed by atoms with Gasteiger partial charge in [0.05, 0.1) is 25.5 Å². The monoisotopic (exact) mass is 445 g/mol. The molecule has 0 aromatic heterocycles. The van der Waals surface area contributed by atoms with E-state index in [4.69, 9.17) is 8.92 Å². The molecule has 1 heterocycles. The summed E-state index contributed by atoms with van der Waals surface area (Å²) in [7, 11) is -2.53. The zero-order chi connectivity index (χ0) is 22.7. The summed E-state index contributed by atoms with van der Waals surface area (Å²) in [6.45, 7) is 5.67. The standard InChI is InChI=1S/C20H28FNO7S/c1-20(2,3)29-19(24)22-9-8-15(14(11-22)12-28-30(5,25)26)13-6-7-17(21)16(10-13)18(23)27-4/h6-7,10,14-15H,8-9,11-12H2,1-5H3/t14-,15+/m1/s1. The van der Waals surface area contributed by atoms with Gasteiger partial charge in [-0.25, -0.2) is 14.0 Å². The van der Waals surface area contributed by atoms with Gasteiger partial charge in [-0.15, -0.1) is 0 Å². The SMILES string of the molecule is COC(=O)c1cc([C@@H]2CCN(C(=O)OC(C)(C)C)C[C@@H]2COS(C)(=O)=O)ccc1F. The third-order valence-corrected chi connectivity index (χ3v) is 5.27. The van der Waals surface area contributed by atoms with Crippen LogP contribution in [0.5, 0.6) is 0 Å². The van der Waals surface area contributed by atoms with Gasteiger partial charge in [-0.1, -0.05) is 6.07 Å². The quantitative estimate of drug-likeness (QED) is 0.507. The fraction of sp³-hybridized carbons (Fsp3) is 0.600. The van der Waals surface area contributed by atoms with Crippen LogP contribution in [-0.2, 0) is 23.8 Å². The highest BCUT2D eigenvalue weighted by Crippen LogP contribution is 2.35. The molecular weight excluding hydrogens is 417 g/mol. The fourth-order valence-electron chi connectivity index (χ4n) is 3.38. The highest BCUT2D eigenvalue weighted by atomic mass is 32.2. The number of likely N-dealkylation sites (tertiary alicyclic amines) is 1. The Morgan fingerprint density at radius 1 is 1.27 bits per heavy atom. The first-order chi connectivity index (χ1) is 13.8. The molecule has 30 heavy (non-hydrogen) atoms. The molecule has 168 valence electrons. The number of hydrogen-bond donors (Lipinski definition) is 0. The van der Waals surface area contributed by atoms with E-state index in [0.29, 0.717) is 18.5 Å². The van der Waals surface area contributed by atoms with Gasteiger partial charge in [0.2, 0.25) is 0 Å². The average Bonchev–Trinajstić information content (AvgIpc) is 2.64. The van der Waals surface area contributed by atoms with Gasteiger partial charge in [0.25, 0.3) is 10.1 Å². The van der Waals surface area contributed by atoms with Crippen molar-refractivity contribution in [2.75, 3.05) is 33.1 Å². The van der Waals surface area contributed by atoms with Crippen LogP contribution in [0.2, 0.25) is 0 Å². The Morgan fingerprint density at radius 3 is 2.50 bits per heavy atom. The molecule has 0 N–H and O–H groups in total. The van der Waals surface area contributed by atoms with Crippen molar-refractivity contribution in [1.82, 2.24) is 4.90 Å². The first kappa shape index (κ1) is 24.1. The summed E-state index contributed by atoms with van der Waals surface area (Å²) in [5.41, 5.74) is -0.228. The lowest BCUT2D eigenvalue weighted by molar-refractivity contribution is 0.0114. The van der Waals surface area contributed by atoms with Crippen LogP contribution in [-0.4, -0.2) is 64.0 Å². The van der Waals surface area contributed by atoms with Crippen LogP contribution in [0.15, 0.2) is 18.2 Å². The summed E-state index contributed by atoms with van der Waals surface area (Å²) in [6.07, 6.45) is 0.909. The second-order valence-corrected chi connectivity index (χ2v) is 9.95. The number of methoxy groups -OCH3 is 1. The number of ether oxygens (including phenoxy) is 2. The molecule has 1 fully saturated rings. The molecule has 1 amide bonds. The third-order valence-electron chi connectivity index (χ3n) is 4.71. The van der Waals surface area contributed by atoms with Gasteiger partial charge in [-0.05, 0) is 50.8 Å². The van der Waals surface area contributed by atoms with E-state index < -0.39 is 39.5 Å². The molecule has 0 saturated carbocycles. The van der Waals surface area contributed by atoms with E-state index in [9.17, 15) is 22.4 Å². The normalized spacial score (nSPS) is 20.0. The summed E-state index contributed by atoms with van der Waals surface area (Å²) in [5, 5.41) is 0. The van der Waals surface area contributed by atoms with Gasteiger partial charge in [-0.2, -0.15) is 8.42 Å². The van der Waals surface area contributed by atoms with Gasteiger partial charge in [0, 0.05) is 19.0 Å². The minimum atomic E-state index is -3.70. The molecule has 0 unspecified atom stereocenters. The summed E-state index contributed by atoms with van der Waals surface area (Å²) in [5.74, 6) is -2.17. The number of benzene rings is 1. The molecule has 2 rings (SSSR count). The molecule has 10 heteroatoms. The number of rotatable bonds is 5. The molecule has 0 aliphatic carbocycles. The Balaban J connectivity index is 2.29. The fourth-order valence-corrected chi connectivity index (χ4v) is 3.81. The second kappa shape index (κ2) is 9.30. The number of amides is 1. The lowest BCUT2D eigenvalue weighted by Gasteiger charge is -2.39. The molecule has 1 aromatic rings. The van der Waals surface area contributed by atoms with Gasteiger partial charge in [0.15, 0.2) is 0 Å². The van der Waals surface area contributed by atoms with Crippen LogP contribution in [0.25, 0.3) is 0 Å². The van der Waals surface area contributed by atoms with Crippen molar-refractivity contribution < 1.29 is 36.1 Å². The lowest BCUT2D eigenvalue weighted by atomic mass is 9.80. The smallest absolute Gasteiger partial charge is 0.410 e. The predicted molar refractivity (Wildman–Crippen MR) is 107 cm³/mol. The van der Waals surface area contributed by atoms with Crippen LogP contribution in [0.4, 0.5) is 9.18 Å². The molecule has 1 aromatic carbocycles. The van der Waals surface area contributed by atoms with Crippen molar-refractivity contribution in [3.05, 3.63) is 35.1 Å². The van der Waals surface area contributed by atoms with E-state index in [-0.39, 0.29) is 24.6 Å². The number of esters is 1. The largest absolute Gasteiger partial charge is 0.465 e. The molecule has 0 radical (unpaired) electrons. The number of halogens is 1. The first-order valence-electron chi connectivity index (χ1n) is 9.51. The van der Waals surface area contributed by atoms with Crippen LogP contribution < -0.4 is 0 Å². The topological polar surface area (TPSA) is 99.2 Å². The van der Waals surface area contributed by atoms with E-state index in [0.717, 1.165) is 13.4 Å². The summed E-state index contributed by atoms with van der Waals surface area (Å²) in [4.78, 5) is 25.8. The van der Waals surface area contributed by atoms with E-state index in [1.165, 1.54) is 17.0 Å². The van der Waals surface area contributed by atoms with E-state index in [2.05, 4.69) is 4.74 Å². The van der Waals surface area contributed by atoms with Crippen molar-refractivity contribution in [2.45, 2.75) is 38.7 Å². The highest BCUT2D eigenvalue weighted by Gasteiger charge is 2.35. The van der Waals surface area contributed by atoms with Crippen molar-refractivity contribution in [2.24, 2.45) is 5.92 Å². The third kappa shape index (κ3) is 6.66. The Morgan fingerprint density at radius 2 is 1.93 bits per heavy atom. The molecule has 1 saturated heterocycles. The number of piperidine rings is 1. The molecule has 2 atom stereocenters.